The fraction of sp³-hybridized carbons (Fsp3) is 0.179. The molecule has 3 heterocycles. The zero-order valence-corrected chi connectivity index (χ0v) is 24.4. The van der Waals surface area contributed by atoms with Crippen LogP contribution in [0.15, 0.2) is 89.6 Å². The normalized spacial score (nSPS) is 15.3. The molecule has 0 saturated carbocycles. The van der Waals surface area contributed by atoms with Crippen LogP contribution in [-0.4, -0.2) is 23.8 Å². The Morgan fingerprint density at radius 2 is 1.84 bits per heavy atom. The second-order valence-corrected chi connectivity index (χ2v) is 10.8. The van der Waals surface area contributed by atoms with Crippen LogP contribution in [0.25, 0.3) is 11.8 Å². The summed E-state index contributed by atoms with van der Waals surface area (Å²) in [7, 11) is 0. The molecule has 194 valence electrons. The highest BCUT2D eigenvalue weighted by Crippen LogP contribution is 2.35. The number of benzene rings is 2. The molecule has 0 radical (unpaired) electrons. The van der Waals surface area contributed by atoms with E-state index < -0.39 is 12.0 Å². The van der Waals surface area contributed by atoms with E-state index in [-0.39, 0.29) is 12.2 Å². The van der Waals surface area contributed by atoms with Gasteiger partial charge < -0.3 is 13.9 Å². The van der Waals surface area contributed by atoms with Crippen LogP contribution in [0.1, 0.15) is 36.8 Å². The molecule has 7 nitrogen and oxygen atoms in total. The summed E-state index contributed by atoms with van der Waals surface area (Å²) in [6, 6.07) is 17.8. The summed E-state index contributed by atoms with van der Waals surface area (Å²) < 4.78 is 20.0. The zero-order chi connectivity index (χ0) is 26.8. The molecular formula is C28H22Br2N2O5S. The Labute approximate surface area is 239 Å². The first-order valence-electron chi connectivity index (χ1n) is 11.9. The van der Waals surface area contributed by atoms with Gasteiger partial charge in [-0.15, -0.1) is 0 Å². The van der Waals surface area contributed by atoms with Gasteiger partial charge in [0.2, 0.25) is 0 Å². The summed E-state index contributed by atoms with van der Waals surface area (Å²) in [4.78, 5) is 32.6. The first-order valence-corrected chi connectivity index (χ1v) is 14.3. The van der Waals surface area contributed by atoms with E-state index in [1.54, 1.807) is 23.6 Å². The number of esters is 1. The molecule has 0 spiro atoms. The number of thiazole rings is 1. The predicted molar refractivity (Wildman–Crippen MR) is 153 cm³/mol. The van der Waals surface area contributed by atoms with Gasteiger partial charge >= 0.3 is 5.97 Å². The van der Waals surface area contributed by atoms with Gasteiger partial charge in [0.25, 0.3) is 5.56 Å². The molecule has 4 aromatic rings. The molecule has 0 unspecified atom stereocenters. The first-order chi connectivity index (χ1) is 18.4. The smallest absolute Gasteiger partial charge is 0.338 e. The monoisotopic (exact) mass is 656 g/mol. The molecule has 2 aromatic heterocycles. The van der Waals surface area contributed by atoms with Crippen molar-refractivity contribution in [3.63, 3.8) is 0 Å². The number of hydrogen-bond donors (Lipinski definition) is 0. The first kappa shape index (κ1) is 26.4. The van der Waals surface area contributed by atoms with Crippen LogP contribution in [0, 0.1) is 0 Å². The Kier molecular flexibility index (Phi) is 7.83. The molecule has 0 N–H and O–H groups in total. The van der Waals surface area contributed by atoms with Crippen molar-refractivity contribution in [2.75, 3.05) is 13.2 Å². The molecule has 0 aliphatic carbocycles. The minimum atomic E-state index is -0.756. The average Bonchev–Trinajstić information content (AvgIpc) is 3.41. The highest BCUT2D eigenvalue weighted by Gasteiger charge is 2.35. The maximum Gasteiger partial charge on any atom is 0.338 e. The quantitative estimate of drug-likeness (QED) is 0.247. The number of furan rings is 1. The van der Waals surface area contributed by atoms with Crippen molar-refractivity contribution < 1.29 is 18.7 Å². The van der Waals surface area contributed by atoms with Crippen LogP contribution in [0.2, 0.25) is 0 Å². The average molecular weight is 658 g/mol. The van der Waals surface area contributed by atoms with Crippen LogP contribution < -0.4 is 19.6 Å². The summed E-state index contributed by atoms with van der Waals surface area (Å²) in [5.41, 5.74) is 1.97. The van der Waals surface area contributed by atoms with E-state index >= 15 is 0 Å². The largest absolute Gasteiger partial charge is 0.494 e. The molecule has 1 aliphatic rings. The van der Waals surface area contributed by atoms with Gasteiger partial charge in [0.05, 0.1) is 39.5 Å². The fourth-order valence-electron chi connectivity index (χ4n) is 4.23. The maximum atomic E-state index is 13.8. The standard InChI is InChI=1S/C28H22Br2N2O5S/c1-3-35-18-12-10-17(11-13-18)24-22(27(34)36-4-2)23(16-8-6-5-7-9-16)31-28-32(24)26(33)21(38-28)15-19-14-20(29)25(30)37-19/h5-15,24H,3-4H2,1-2H3/b21-15+/t24-/m1/s1. The number of carbonyl (C=O) groups is 1. The maximum absolute atomic E-state index is 13.8. The van der Waals surface area contributed by atoms with Crippen molar-refractivity contribution >= 4 is 60.9 Å². The molecule has 10 heteroatoms. The second-order valence-electron chi connectivity index (χ2n) is 8.20. The lowest BCUT2D eigenvalue weighted by Crippen LogP contribution is -2.40. The lowest BCUT2D eigenvalue weighted by Gasteiger charge is -2.26. The van der Waals surface area contributed by atoms with Crippen molar-refractivity contribution in [3.05, 3.63) is 112 Å². The fourth-order valence-corrected chi connectivity index (χ4v) is 5.82. The number of ether oxygens (including phenoxy) is 2. The number of fused-ring (bicyclic) bond motifs is 1. The van der Waals surface area contributed by atoms with Gasteiger partial charge in [-0.3, -0.25) is 9.36 Å². The third-order valence-electron chi connectivity index (χ3n) is 5.82. The van der Waals surface area contributed by atoms with E-state index in [1.165, 1.54) is 11.3 Å². The predicted octanol–water partition coefficient (Wildman–Crippen LogP) is 5.45. The number of rotatable bonds is 7. The highest BCUT2D eigenvalue weighted by atomic mass is 79.9. The summed E-state index contributed by atoms with van der Waals surface area (Å²) >= 11 is 7.97. The molecule has 0 fully saturated rings. The zero-order valence-electron chi connectivity index (χ0n) is 20.4. The van der Waals surface area contributed by atoms with Gasteiger partial charge in [-0.2, -0.15) is 0 Å². The molecule has 1 aliphatic heterocycles. The van der Waals surface area contributed by atoms with Gasteiger partial charge in [-0.25, -0.2) is 9.79 Å². The van der Waals surface area contributed by atoms with E-state index in [0.29, 0.717) is 43.4 Å². The summed E-state index contributed by atoms with van der Waals surface area (Å²) in [6.07, 6.45) is 1.67. The third kappa shape index (κ3) is 5.08. The summed E-state index contributed by atoms with van der Waals surface area (Å²) in [5, 5.41) is 0. The van der Waals surface area contributed by atoms with Crippen molar-refractivity contribution in [1.82, 2.24) is 4.57 Å². The topological polar surface area (TPSA) is 83.0 Å². The molecule has 2 aromatic carbocycles. The van der Waals surface area contributed by atoms with Gasteiger partial charge in [0.15, 0.2) is 9.47 Å². The molecule has 0 saturated heterocycles. The molecule has 0 amide bonds. The molecular weight excluding hydrogens is 636 g/mol. The van der Waals surface area contributed by atoms with Crippen LogP contribution in [0.5, 0.6) is 5.75 Å². The molecule has 1 atom stereocenters. The van der Waals surface area contributed by atoms with Crippen LogP contribution in [0.4, 0.5) is 0 Å². The van der Waals surface area contributed by atoms with E-state index in [4.69, 9.17) is 18.9 Å². The van der Waals surface area contributed by atoms with E-state index in [2.05, 4.69) is 31.9 Å². The molecule has 0 bridgehead atoms. The van der Waals surface area contributed by atoms with E-state index in [0.717, 1.165) is 15.6 Å². The van der Waals surface area contributed by atoms with Crippen molar-refractivity contribution in [2.45, 2.75) is 19.9 Å². The van der Waals surface area contributed by atoms with Crippen LogP contribution in [-0.2, 0) is 9.53 Å². The number of hydrogen-bond acceptors (Lipinski definition) is 7. The van der Waals surface area contributed by atoms with Crippen LogP contribution in [0.3, 0.4) is 0 Å². The number of halogens is 2. The van der Waals surface area contributed by atoms with Crippen molar-refractivity contribution in [1.29, 1.82) is 0 Å². The summed E-state index contributed by atoms with van der Waals surface area (Å²) in [5.74, 6) is 0.671. The molecule has 5 rings (SSSR count). The lowest BCUT2D eigenvalue weighted by atomic mass is 9.93. The Morgan fingerprint density at radius 3 is 2.47 bits per heavy atom. The Balaban J connectivity index is 1.80. The van der Waals surface area contributed by atoms with Gasteiger partial charge in [-0.05, 0) is 69.5 Å². The summed E-state index contributed by atoms with van der Waals surface area (Å²) in [6.45, 7) is 4.38. The van der Waals surface area contributed by atoms with Gasteiger partial charge in [0.1, 0.15) is 11.5 Å². The SMILES string of the molecule is CCOC(=O)C1=C(c2ccccc2)N=c2s/c(=C/c3cc(Br)c(Br)o3)c(=O)n2[C@@H]1c1ccc(OCC)cc1. The third-order valence-corrected chi connectivity index (χ3v) is 8.51. The second kappa shape index (κ2) is 11.3. The van der Waals surface area contributed by atoms with Crippen LogP contribution >= 0.6 is 43.2 Å². The van der Waals surface area contributed by atoms with Gasteiger partial charge in [0, 0.05) is 11.6 Å². The molecule has 38 heavy (non-hydrogen) atoms. The minimum Gasteiger partial charge on any atom is -0.494 e. The Morgan fingerprint density at radius 1 is 1.11 bits per heavy atom. The van der Waals surface area contributed by atoms with Crippen molar-refractivity contribution in [3.8, 4) is 5.75 Å². The van der Waals surface area contributed by atoms with E-state index in [9.17, 15) is 9.59 Å². The van der Waals surface area contributed by atoms with E-state index in [1.807, 2.05) is 61.5 Å². The number of aromatic nitrogens is 1. The highest BCUT2D eigenvalue weighted by molar-refractivity contribution is 9.13. The number of nitrogens with zero attached hydrogens (tertiary/aromatic N) is 2. The lowest BCUT2D eigenvalue weighted by molar-refractivity contribution is -0.138. The minimum absolute atomic E-state index is 0.188. The van der Waals surface area contributed by atoms with Crippen molar-refractivity contribution in [2.24, 2.45) is 4.99 Å². The Hall–Kier alpha value is -3.21. The number of carbonyl (C=O) groups excluding carboxylic acids is 1. The Bertz CT molecular complexity index is 1680. The van der Waals surface area contributed by atoms with Gasteiger partial charge in [-0.1, -0.05) is 53.8 Å².